The molecule has 0 aliphatic heterocycles. The summed E-state index contributed by atoms with van der Waals surface area (Å²) in [5.41, 5.74) is 0. The third kappa shape index (κ3) is 11.9. The van der Waals surface area contributed by atoms with Crippen LogP contribution in [-0.4, -0.2) is 73.9 Å². The van der Waals surface area contributed by atoms with Crippen LogP contribution in [0.3, 0.4) is 0 Å². The molecule has 4 rings (SSSR count). The number of hydrogen-bond acceptors (Lipinski definition) is 8. The molecule has 270 valence electrons. The van der Waals surface area contributed by atoms with Gasteiger partial charge in [0.05, 0.1) is 0 Å². The van der Waals surface area contributed by atoms with E-state index in [2.05, 4.69) is 0 Å². The monoisotopic (exact) mass is 750 g/mol. The van der Waals surface area contributed by atoms with E-state index in [1.807, 2.05) is 128 Å². The van der Waals surface area contributed by atoms with Gasteiger partial charge in [0.25, 0.3) is 0 Å². The van der Waals surface area contributed by atoms with Gasteiger partial charge in [-0.2, -0.15) is 0 Å². The molecule has 8 nitrogen and oxygen atoms in total. The fourth-order valence-corrected chi connectivity index (χ4v) is 22.2. The highest BCUT2D eigenvalue weighted by Crippen LogP contribution is 2.19. The molecule has 0 saturated heterocycles. The largest absolute Gasteiger partial charge is 0.475 e. The van der Waals surface area contributed by atoms with Gasteiger partial charge in [0, 0.05) is 28.4 Å². The van der Waals surface area contributed by atoms with Crippen LogP contribution in [0.15, 0.2) is 121 Å². The van der Waals surface area contributed by atoms with Crippen LogP contribution < -0.4 is 20.7 Å². The van der Waals surface area contributed by atoms with Gasteiger partial charge >= 0.3 is 45.5 Å². The third-order valence-corrected chi connectivity index (χ3v) is 22.0. The van der Waals surface area contributed by atoms with E-state index in [0.717, 1.165) is 20.7 Å². The third-order valence-electron chi connectivity index (χ3n) is 6.57. The topological polar surface area (TPSA) is 73.8 Å². The highest BCUT2D eigenvalue weighted by Gasteiger charge is 2.51. The SMILES string of the molecule is C.C.C.C.C.C.CO[SiH](OC)O[Si](O[SiH](C)O[Si](O[SiH](OC)OC)(c1ccccc1)c1ccccc1)(c1ccccc1)c1ccccc1. The van der Waals surface area contributed by atoms with Gasteiger partial charge in [-0.25, -0.2) is 0 Å². The molecule has 0 aliphatic rings. The second kappa shape index (κ2) is 24.7. The fraction of sp³-hybridized carbons (Fsp3) is 0.314. The zero-order valence-electron chi connectivity index (χ0n) is 24.5. The smallest absolute Gasteiger partial charge is 0.411 e. The zero-order chi connectivity index (χ0) is 29.8. The van der Waals surface area contributed by atoms with Crippen molar-refractivity contribution in [3.8, 4) is 0 Å². The van der Waals surface area contributed by atoms with Gasteiger partial charge in [-0.3, -0.25) is 0 Å². The molecule has 0 spiro atoms. The summed E-state index contributed by atoms with van der Waals surface area (Å²) >= 11 is 0. The van der Waals surface area contributed by atoms with Crippen LogP contribution in [0.2, 0.25) is 6.55 Å². The van der Waals surface area contributed by atoms with E-state index in [1.165, 1.54) is 0 Å². The quantitative estimate of drug-likeness (QED) is 0.144. The molecule has 0 aromatic heterocycles. The van der Waals surface area contributed by atoms with Crippen molar-refractivity contribution in [2.24, 2.45) is 0 Å². The molecule has 0 heterocycles. The molecule has 13 heteroatoms. The Hall–Kier alpha value is -2.36. The first kappa shape index (κ1) is 50.0. The van der Waals surface area contributed by atoms with E-state index >= 15 is 0 Å². The number of hydrogen-bond donors (Lipinski definition) is 0. The van der Waals surface area contributed by atoms with Crippen molar-refractivity contribution in [3.63, 3.8) is 0 Å². The van der Waals surface area contributed by atoms with Crippen LogP contribution in [0.4, 0.5) is 0 Å². The molecule has 0 amide bonds. The Balaban J connectivity index is -0.00000337. The van der Waals surface area contributed by atoms with E-state index in [4.69, 9.17) is 34.2 Å². The highest BCUT2D eigenvalue weighted by atomic mass is 28.5. The van der Waals surface area contributed by atoms with Crippen molar-refractivity contribution < 1.29 is 34.2 Å². The molecule has 0 aliphatic carbocycles. The maximum Gasteiger partial charge on any atom is 0.475 e. The van der Waals surface area contributed by atoms with Gasteiger partial charge in [-0.15, -0.1) is 0 Å². The molecule has 4 aromatic carbocycles. The van der Waals surface area contributed by atoms with E-state index in [1.54, 1.807) is 28.4 Å². The van der Waals surface area contributed by atoms with E-state index < -0.39 is 45.5 Å². The van der Waals surface area contributed by atoms with Crippen LogP contribution in [0.1, 0.15) is 44.6 Å². The molecule has 0 saturated carbocycles. The Bertz CT molecular complexity index is 1140. The summed E-state index contributed by atoms with van der Waals surface area (Å²) in [6, 6.07) is 40.1. The summed E-state index contributed by atoms with van der Waals surface area (Å²) in [6.07, 6.45) is 0. The van der Waals surface area contributed by atoms with Crippen molar-refractivity contribution in [3.05, 3.63) is 121 Å². The van der Waals surface area contributed by atoms with E-state index in [9.17, 15) is 0 Å². The van der Waals surface area contributed by atoms with Crippen LogP contribution in [0.5, 0.6) is 0 Å². The molecule has 0 unspecified atom stereocenters. The van der Waals surface area contributed by atoms with Crippen molar-refractivity contribution in [2.75, 3.05) is 28.4 Å². The van der Waals surface area contributed by atoms with Gasteiger partial charge in [-0.1, -0.05) is 166 Å². The predicted octanol–water partition coefficient (Wildman–Crippen LogP) is 5.25. The Morgan fingerprint density at radius 3 is 0.750 bits per heavy atom. The van der Waals surface area contributed by atoms with Crippen LogP contribution in [0.25, 0.3) is 0 Å². The molecule has 0 radical (unpaired) electrons. The summed E-state index contributed by atoms with van der Waals surface area (Å²) in [4.78, 5) is 0. The summed E-state index contributed by atoms with van der Waals surface area (Å²) in [5.74, 6) is 0. The minimum atomic E-state index is -3.41. The average Bonchev–Trinajstić information content (AvgIpc) is 3.06. The lowest BCUT2D eigenvalue weighted by atomic mass is 10.4. The van der Waals surface area contributed by atoms with Gasteiger partial charge in [0.15, 0.2) is 0 Å². The Morgan fingerprint density at radius 1 is 0.354 bits per heavy atom. The van der Waals surface area contributed by atoms with Crippen molar-refractivity contribution >= 4 is 66.2 Å². The minimum Gasteiger partial charge on any atom is -0.411 e. The normalized spacial score (nSPS) is 10.8. The fourth-order valence-electron chi connectivity index (χ4n) is 4.71. The van der Waals surface area contributed by atoms with Crippen LogP contribution in [0, 0.1) is 0 Å². The van der Waals surface area contributed by atoms with Crippen molar-refractivity contribution in [1.82, 2.24) is 0 Å². The molecule has 0 bridgehead atoms. The molecule has 0 fully saturated rings. The molecular formula is C35H62O8Si5. The molecule has 48 heavy (non-hydrogen) atoms. The van der Waals surface area contributed by atoms with E-state index in [0.29, 0.717) is 0 Å². The van der Waals surface area contributed by atoms with Crippen molar-refractivity contribution in [2.45, 2.75) is 51.1 Å². The van der Waals surface area contributed by atoms with Crippen LogP contribution in [-0.2, 0) is 34.2 Å². The van der Waals surface area contributed by atoms with Gasteiger partial charge in [-0.05, 0) is 27.3 Å². The van der Waals surface area contributed by atoms with E-state index in [-0.39, 0.29) is 44.6 Å². The second-order valence-electron chi connectivity index (χ2n) is 9.26. The van der Waals surface area contributed by atoms with Gasteiger partial charge in [0.1, 0.15) is 0 Å². The minimum absolute atomic E-state index is 0. The Morgan fingerprint density at radius 2 is 0.562 bits per heavy atom. The molecule has 4 aromatic rings. The predicted molar refractivity (Wildman–Crippen MR) is 216 cm³/mol. The molecule has 0 N–H and O–H groups in total. The maximum atomic E-state index is 7.19. The number of benzene rings is 4. The summed E-state index contributed by atoms with van der Waals surface area (Å²) in [5, 5.41) is 3.72. The maximum absolute atomic E-state index is 7.19. The average molecular weight is 751 g/mol. The standard InChI is InChI=1S/C29H38O8Si5.6CH4/c1-30-39(31-2)36-41(26-18-10-6-11-19-26,27-20-12-7-13-21-27)34-38(5)35-42(37-40(32-3)33-4,28-22-14-8-15-23-28)29-24-16-9-17-25-29;;;;;;/h6-25,38-40H,1-5H3;6*1H4. The Labute approximate surface area is 300 Å². The summed E-state index contributed by atoms with van der Waals surface area (Å²) in [6.45, 7) is 2.01. The first-order chi connectivity index (χ1) is 20.5. The van der Waals surface area contributed by atoms with Gasteiger partial charge < -0.3 is 34.2 Å². The van der Waals surface area contributed by atoms with Crippen molar-refractivity contribution in [1.29, 1.82) is 0 Å². The first-order valence-electron chi connectivity index (χ1n) is 13.6. The zero-order valence-corrected chi connectivity index (χ0v) is 30.0. The lowest BCUT2D eigenvalue weighted by molar-refractivity contribution is 0.180. The second-order valence-corrected chi connectivity index (χ2v) is 22.0. The lowest BCUT2D eigenvalue weighted by Crippen LogP contribution is -2.71. The van der Waals surface area contributed by atoms with Gasteiger partial charge in [0.2, 0.25) is 0 Å². The lowest BCUT2D eigenvalue weighted by Gasteiger charge is -2.40. The number of rotatable bonds is 16. The summed E-state index contributed by atoms with van der Waals surface area (Å²) < 4.78 is 50.8. The summed E-state index contributed by atoms with van der Waals surface area (Å²) in [7, 11) is -8.16. The highest BCUT2D eigenvalue weighted by molar-refractivity contribution is 7.01. The van der Waals surface area contributed by atoms with Crippen LogP contribution >= 0.6 is 0 Å². The molecule has 0 atom stereocenters. The Kier molecular flexibility index (Phi) is 25.8. The first-order valence-corrected chi connectivity index (χ1v) is 22.1. The molecular weight excluding hydrogens is 689 g/mol.